The van der Waals surface area contributed by atoms with Crippen LogP contribution in [-0.4, -0.2) is 28.1 Å². The third-order valence-electron chi connectivity index (χ3n) is 6.95. The van der Waals surface area contributed by atoms with Gasteiger partial charge in [0, 0.05) is 28.4 Å². The highest BCUT2D eigenvalue weighted by atomic mass is 19.1. The van der Waals surface area contributed by atoms with Gasteiger partial charge >= 0.3 is 6.09 Å². The smallest absolute Gasteiger partial charge is 0.391 e. The monoisotopic (exact) mass is 423 g/mol. The lowest BCUT2D eigenvalue weighted by atomic mass is 9.50. The maximum Gasteiger partial charge on any atom is 0.414 e. The first-order valence-corrected chi connectivity index (χ1v) is 10.8. The Kier molecular flexibility index (Phi) is 4.72. The molecule has 162 valence electrons. The summed E-state index contributed by atoms with van der Waals surface area (Å²) in [7, 11) is 0. The molecule has 6 rings (SSSR count). The first-order chi connectivity index (χ1) is 14.8. The fraction of sp³-hybridized carbons (Fsp3) is 0.458. The van der Waals surface area contributed by atoms with Crippen LogP contribution in [0.2, 0.25) is 0 Å². The number of hydrogen-bond donors (Lipinski definition) is 2. The van der Waals surface area contributed by atoms with Crippen LogP contribution < -0.4 is 15.4 Å². The maximum absolute atomic E-state index is 13.6. The molecule has 1 aromatic heterocycles. The van der Waals surface area contributed by atoms with Crippen molar-refractivity contribution in [3.63, 3.8) is 0 Å². The van der Waals surface area contributed by atoms with E-state index >= 15 is 0 Å². The molecule has 2 unspecified atom stereocenters. The molecule has 4 aliphatic carbocycles. The number of amides is 2. The molecule has 4 saturated carbocycles. The van der Waals surface area contributed by atoms with Crippen LogP contribution in [0.1, 0.15) is 54.6 Å². The summed E-state index contributed by atoms with van der Waals surface area (Å²) in [4.78, 5) is 29.8. The Hall–Kier alpha value is -2.96. The van der Waals surface area contributed by atoms with E-state index in [4.69, 9.17) is 4.74 Å². The average molecular weight is 423 g/mol. The van der Waals surface area contributed by atoms with Gasteiger partial charge in [-0.2, -0.15) is 0 Å². The van der Waals surface area contributed by atoms with E-state index in [2.05, 4.69) is 15.6 Å². The van der Waals surface area contributed by atoms with Gasteiger partial charge in [0.1, 0.15) is 5.82 Å². The van der Waals surface area contributed by atoms with Crippen LogP contribution in [0.4, 0.5) is 9.18 Å². The summed E-state index contributed by atoms with van der Waals surface area (Å²) < 4.78 is 19.0. The quantitative estimate of drug-likeness (QED) is 0.775. The zero-order valence-corrected chi connectivity index (χ0v) is 17.5. The van der Waals surface area contributed by atoms with E-state index in [9.17, 15) is 14.0 Å². The number of aryl methyl sites for hydroxylation is 1. The van der Waals surface area contributed by atoms with Gasteiger partial charge in [0.25, 0.3) is 5.91 Å². The average Bonchev–Trinajstić information content (AvgIpc) is 2.66. The van der Waals surface area contributed by atoms with E-state index in [1.165, 1.54) is 12.1 Å². The number of nitrogens with zero attached hydrogens (tertiary/aromatic N) is 1. The molecule has 1 aromatic carbocycles. The van der Waals surface area contributed by atoms with E-state index in [0.717, 1.165) is 37.8 Å². The van der Waals surface area contributed by atoms with Crippen molar-refractivity contribution >= 4 is 12.0 Å². The number of carbonyl (C=O) groups is 2. The third-order valence-corrected chi connectivity index (χ3v) is 6.95. The Labute approximate surface area is 180 Å². The molecule has 7 heteroatoms. The number of carbonyl (C=O) groups excluding carboxylic acids is 2. The van der Waals surface area contributed by atoms with Crippen LogP contribution in [0.15, 0.2) is 42.5 Å². The van der Waals surface area contributed by atoms with Crippen LogP contribution in [0.3, 0.4) is 0 Å². The van der Waals surface area contributed by atoms with Gasteiger partial charge in [-0.1, -0.05) is 12.1 Å². The van der Waals surface area contributed by atoms with E-state index in [1.54, 1.807) is 24.3 Å². The van der Waals surface area contributed by atoms with Gasteiger partial charge in [-0.25, -0.2) is 14.2 Å². The number of aromatic nitrogens is 1. The third kappa shape index (κ3) is 4.01. The second kappa shape index (κ2) is 7.32. The Morgan fingerprint density at radius 1 is 1.03 bits per heavy atom. The van der Waals surface area contributed by atoms with Gasteiger partial charge in [-0.15, -0.1) is 0 Å². The molecule has 4 fully saturated rings. The number of halogens is 1. The van der Waals surface area contributed by atoms with Gasteiger partial charge < -0.3 is 15.4 Å². The van der Waals surface area contributed by atoms with Crippen molar-refractivity contribution in [2.24, 2.45) is 11.8 Å². The summed E-state index contributed by atoms with van der Waals surface area (Å²) in [5.41, 5.74) is 0.310. The Morgan fingerprint density at radius 3 is 2.39 bits per heavy atom. The van der Waals surface area contributed by atoms with Crippen molar-refractivity contribution in [2.45, 2.75) is 56.5 Å². The molecular formula is C24H26FN3O3. The summed E-state index contributed by atoms with van der Waals surface area (Å²) in [6.07, 6.45) is 4.83. The van der Waals surface area contributed by atoms with Gasteiger partial charge in [0.15, 0.2) is 0 Å². The number of benzene rings is 1. The number of pyridine rings is 1. The van der Waals surface area contributed by atoms with Crippen LogP contribution in [-0.2, 0) is 0 Å². The van der Waals surface area contributed by atoms with Crippen molar-refractivity contribution in [2.75, 3.05) is 0 Å². The second-order valence-corrected chi connectivity index (χ2v) is 9.62. The van der Waals surface area contributed by atoms with Crippen LogP contribution in [0, 0.1) is 24.6 Å². The zero-order valence-electron chi connectivity index (χ0n) is 17.5. The number of rotatable bonds is 4. The predicted octanol–water partition coefficient (Wildman–Crippen LogP) is 4.14. The molecule has 0 spiro atoms. The highest BCUT2D eigenvalue weighted by molar-refractivity contribution is 5.94. The summed E-state index contributed by atoms with van der Waals surface area (Å²) in [6, 6.07) is 11.1. The number of ether oxygens (including phenoxy) is 1. The molecule has 4 bridgehead atoms. The number of hydrogen-bond acceptors (Lipinski definition) is 4. The van der Waals surface area contributed by atoms with Crippen LogP contribution >= 0.6 is 0 Å². The molecule has 6 nitrogen and oxygen atoms in total. The SMILES string of the molecule is Cc1cccc(OC(=O)NC23CC4CC(C2)CC(NC(=O)c2cccc(F)c2)(C4)C3)n1. The van der Waals surface area contributed by atoms with E-state index in [0.29, 0.717) is 23.8 Å². The van der Waals surface area contributed by atoms with Gasteiger partial charge in [0.05, 0.1) is 0 Å². The highest BCUT2D eigenvalue weighted by Gasteiger charge is 2.59. The van der Waals surface area contributed by atoms with Crippen molar-refractivity contribution in [1.29, 1.82) is 0 Å². The Morgan fingerprint density at radius 2 is 1.71 bits per heavy atom. The molecule has 31 heavy (non-hydrogen) atoms. The molecule has 2 atom stereocenters. The fourth-order valence-electron chi connectivity index (χ4n) is 6.41. The van der Waals surface area contributed by atoms with Crippen LogP contribution in [0.5, 0.6) is 5.88 Å². The van der Waals surface area contributed by atoms with E-state index in [-0.39, 0.29) is 17.3 Å². The van der Waals surface area contributed by atoms with Gasteiger partial charge in [-0.05, 0) is 81.5 Å². The highest BCUT2D eigenvalue weighted by Crippen LogP contribution is 2.57. The molecule has 4 aliphatic rings. The minimum Gasteiger partial charge on any atom is -0.391 e. The van der Waals surface area contributed by atoms with E-state index < -0.39 is 17.4 Å². The van der Waals surface area contributed by atoms with Crippen molar-refractivity contribution in [3.05, 3.63) is 59.5 Å². The lowest BCUT2D eigenvalue weighted by Gasteiger charge is -2.62. The molecule has 2 N–H and O–H groups in total. The maximum atomic E-state index is 13.6. The van der Waals surface area contributed by atoms with Crippen molar-refractivity contribution < 1.29 is 18.7 Å². The fourth-order valence-corrected chi connectivity index (χ4v) is 6.41. The summed E-state index contributed by atoms with van der Waals surface area (Å²) in [5.74, 6) is 0.459. The first kappa shape index (κ1) is 20.0. The topological polar surface area (TPSA) is 80.3 Å². The minimum absolute atomic E-state index is 0.261. The largest absolute Gasteiger partial charge is 0.414 e. The zero-order chi connectivity index (χ0) is 21.6. The van der Waals surface area contributed by atoms with Gasteiger partial charge in [-0.3, -0.25) is 4.79 Å². The summed E-state index contributed by atoms with van der Waals surface area (Å²) in [6.45, 7) is 1.84. The molecule has 2 amide bonds. The molecule has 0 radical (unpaired) electrons. The van der Waals surface area contributed by atoms with Crippen molar-refractivity contribution in [1.82, 2.24) is 15.6 Å². The predicted molar refractivity (Wildman–Crippen MR) is 112 cm³/mol. The van der Waals surface area contributed by atoms with Crippen molar-refractivity contribution in [3.8, 4) is 5.88 Å². The van der Waals surface area contributed by atoms with E-state index in [1.807, 2.05) is 13.0 Å². The minimum atomic E-state index is -0.508. The summed E-state index contributed by atoms with van der Waals surface area (Å²) >= 11 is 0. The normalized spacial score (nSPS) is 30.6. The number of nitrogens with one attached hydrogen (secondary N) is 2. The second-order valence-electron chi connectivity index (χ2n) is 9.62. The molecule has 2 aromatic rings. The Balaban J connectivity index is 1.32. The molecule has 0 aliphatic heterocycles. The standard InChI is InChI=1S/C24H26FN3O3/c1-15-4-2-7-20(26-15)31-22(30)28-24-12-16-8-17(13-24)11-23(10-16,14-24)27-21(29)18-5-3-6-19(25)9-18/h2-7,9,16-17H,8,10-14H2,1H3,(H,27,29)(H,28,30). The molecular weight excluding hydrogens is 397 g/mol. The molecule has 0 saturated heterocycles. The lowest BCUT2D eigenvalue weighted by Crippen LogP contribution is -2.70. The lowest BCUT2D eigenvalue weighted by molar-refractivity contribution is -0.0449. The molecule has 1 heterocycles. The van der Waals surface area contributed by atoms with Crippen LogP contribution in [0.25, 0.3) is 0 Å². The first-order valence-electron chi connectivity index (χ1n) is 10.8. The Bertz CT molecular complexity index is 1030. The van der Waals surface area contributed by atoms with Gasteiger partial charge in [0.2, 0.25) is 5.88 Å². The summed E-state index contributed by atoms with van der Waals surface area (Å²) in [5, 5.41) is 6.34.